The molecule has 6 aromatic heterocycles. The van der Waals surface area contributed by atoms with E-state index in [0.29, 0.717) is 0 Å². The van der Waals surface area contributed by atoms with Crippen molar-refractivity contribution in [3.63, 3.8) is 0 Å². The summed E-state index contributed by atoms with van der Waals surface area (Å²) < 4.78 is 0. The zero-order valence-corrected chi connectivity index (χ0v) is 77.7. The van der Waals surface area contributed by atoms with Crippen LogP contribution in [0.15, 0.2) is 473 Å². The summed E-state index contributed by atoms with van der Waals surface area (Å²) in [5, 5.41) is 6.71. The average molecular weight is 1770 g/mol. The highest BCUT2D eigenvalue weighted by Gasteiger charge is 2.47. The number of nitrogens with zero attached hydrogens (tertiary/aromatic N) is 6. The van der Waals surface area contributed by atoms with E-state index in [1.165, 1.54) is 134 Å². The van der Waals surface area contributed by atoms with Crippen LogP contribution in [0.5, 0.6) is 0 Å². The van der Waals surface area contributed by atoms with Crippen molar-refractivity contribution in [3.05, 3.63) is 552 Å². The van der Waals surface area contributed by atoms with Gasteiger partial charge in [-0.3, -0.25) is 9.97 Å². The summed E-state index contributed by atoms with van der Waals surface area (Å²) in [5.74, 6) is 0.265. The van der Waals surface area contributed by atoms with Crippen molar-refractivity contribution in [2.75, 3.05) is 0 Å². The fourth-order valence-electron chi connectivity index (χ4n) is 22.0. The predicted molar refractivity (Wildman–Crippen MR) is 574 cm³/mol. The van der Waals surface area contributed by atoms with Crippen LogP contribution < -0.4 is 0 Å². The molecule has 0 saturated heterocycles. The summed E-state index contributed by atoms with van der Waals surface area (Å²) in [5.41, 5.74) is 40.8. The SMILES string of the molecule is CC(c1ccccc1)c1cc(-c2ccccc2)c2ccc3c(-c4ccccc4)cc(C(C)c4ccccc4)nc3c2n1.CCC1(c2cc(-c3ccccc3)c3ccc4c(-c5ccccc5)cc(C5(CC)c6ccccc6-c6ccccc65)nc4c3n2)c2ccccc2-c2ccccc21.c1ccc(Cc2cc(-c3ccccc3)c3ccc4c(-c5ccccc5)cc(Cc5ccccc5)nc4c3n2)cc1. The molecule has 138 heavy (non-hydrogen) atoms. The lowest BCUT2D eigenvalue weighted by atomic mass is 9.72. The Bertz CT molecular complexity index is 7870. The summed E-state index contributed by atoms with van der Waals surface area (Å²) in [6.07, 6.45) is 3.28. The molecular weight excluding hydrogens is 1670 g/mol. The van der Waals surface area contributed by atoms with E-state index in [0.717, 1.165) is 125 Å². The Balaban J connectivity index is 0.000000118. The summed E-state index contributed by atoms with van der Waals surface area (Å²) in [6, 6.07) is 170. The molecule has 0 saturated carbocycles. The number of hydrogen-bond donors (Lipinski definition) is 0. The molecule has 2 aliphatic carbocycles. The summed E-state index contributed by atoms with van der Waals surface area (Å²) in [6.45, 7) is 9.13. The number of benzene rings is 17. The summed E-state index contributed by atoms with van der Waals surface area (Å²) >= 11 is 0. The molecule has 6 nitrogen and oxygen atoms in total. The molecule has 0 amide bonds. The van der Waals surface area contributed by atoms with Crippen LogP contribution in [0.4, 0.5) is 0 Å². The van der Waals surface area contributed by atoms with Crippen LogP contribution >= 0.6 is 0 Å². The van der Waals surface area contributed by atoms with Crippen LogP contribution in [0.1, 0.15) is 131 Å². The highest BCUT2D eigenvalue weighted by Crippen LogP contribution is 2.58. The van der Waals surface area contributed by atoms with Gasteiger partial charge < -0.3 is 0 Å². The molecule has 6 heteroatoms. The quantitative estimate of drug-likeness (QED) is 0.0797. The second-order valence-corrected chi connectivity index (χ2v) is 36.7. The average Bonchev–Trinajstić information content (AvgIpc) is 1.51. The molecule has 0 N–H and O–H groups in total. The van der Waals surface area contributed by atoms with Crippen LogP contribution in [0.3, 0.4) is 0 Å². The van der Waals surface area contributed by atoms with Crippen molar-refractivity contribution in [2.24, 2.45) is 0 Å². The zero-order valence-electron chi connectivity index (χ0n) is 77.7. The lowest BCUT2D eigenvalue weighted by Gasteiger charge is -2.32. The van der Waals surface area contributed by atoms with Crippen molar-refractivity contribution < 1.29 is 0 Å². The van der Waals surface area contributed by atoms with Gasteiger partial charge in [0.15, 0.2) is 0 Å². The van der Waals surface area contributed by atoms with Gasteiger partial charge in [-0.2, -0.15) is 0 Å². The lowest BCUT2D eigenvalue weighted by molar-refractivity contribution is 0.591. The number of rotatable bonds is 18. The normalized spacial score (nSPS) is 13.0. The number of fused-ring (bicyclic) bond motifs is 15. The molecule has 17 aromatic carbocycles. The van der Waals surface area contributed by atoms with Gasteiger partial charge in [0, 0.05) is 79.8 Å². The third kappa shape index (κ3) is 15.5. The maximum atomic E-state index is 5.89. The molecule has 2 aliphatic rings. The lowest BCUT2D eigenvalue weighted by Crippen LogP contribution is -2.28. The minimum Gasteiger partial charge on any atom is -0.250 e. The molecule has 658 valence electrons. The van der Waals surface area contributed by atoms with Crippen molar-refractivity contribution >= 4 is 65.4 Å². The van der Waals surface area contributed by atoms with E-state index in [1.807, 2.05) is 0 Å². The van der Waals surface area contributed by atoms with E-state index < -0.39 is 10.8 Å². The van der Waals surface area contributed by atoms with Crippen LogP contribution in [0, 0.1) is 0 Å². The monoisotopic (exact) mass is 1770 g/mol. The van der Waals surface area contributed by atoms with Gasteiger partial charge in [-0.05, 0) is 183 Å². The third-order valence-corrected chi connectivity index (χ3v) is 28.9. The summed E-state index contributed by atoms with van der Waals surface area (Å²) in [7, 11) is 0. The minimum absolute atomic E-state index is 0.133. The van der Waals surface area contributed by atoms with E-state index >= 15 is 0 Å². The van der Waals surface area contributed by atoms with E-state index in [-0.39, 0.29) is 11.8 Å². The Morgan fingerprint density at radius 1 is 0.196 bits per heavy atom. The first kappa shape index (κ1) is 85.4. The number of pyridine rings is 6. The van der Waals surface area contributed by atoms with Gasteiger partial charge in [0.2, 0.25) is 0 Å². The smallest absolute Gasteiger partial charge is 0.0975 e. The zero-order chi connectivity index (χ0) is 92.6. The Kier molecular flexibility index (Phi) is 22.8. The summed E-state index contributed by atoms with van der Waals surface area (Å²) in [4.78, 5) is 33.2. The van der Waals surface area contributed by atoms with E-state index in [4.69, 9.17) is 29.9 Å². The molecule has 2 unspecified atom stereocenters. The Morgan fingerprint density at radius 2 is 0.406 bits per heavy atom. The van der Waals surface area contributed by atoms with Crippen molar-refractivity contribution in [1.29, 1.82) is 0 Å². The highest BCUT2D eigenvalue weighted by molar-refractivity contribution is 6.15. The van der Waals surface area contributed by atoms with Crippen LogP contribution in [-0.2, 0) is 23.7 Å². The molecular formula is C132H100N6. The van der Waals surface area contributed by atoms with Crippen LogP contribution in [0.2, 0.25) is 0 Å². The second-order valence-electron chi connectivity index (χ2n) is 36.7. The Labute approximate surface area is 806 Å². The third-order valence-electron chi connectivity index (χ3n) is 28.9. The number of hydrogen-bond acceptors (Lipinski definition) is 6. The van der Waals surface area contributed by atoms with Gasteiger partial charge >= 0.3 is 0 Å². The van der Waals surface area contributed by atoms with Gasteiger partial charge in [0.25, 0.3) is 0 Å². The Morgan fingerprint density at radius 3 is 0.667 bits per heavy atom. The van der Waals surface area contributed by atoms with E-state index in [1.54, 1.807) is 0 Å². The topological polar surface area (TPSA) is 77.3 Å². The van der Waals surface area contributed by atoms with Crippen LogP contribution in [0.25, 0.3) is 154 Å². The predicted octanol–water partition coefficient (Wildman–Crippen LogP) is 33.3. The maximum absolute atomic E-state index is 5.89. The largest absolute Gasteiger partial charge is 0.250 e. The molecule has 0 spiro atoms. The number of aromatic nitrogens is 6. The van der Waals surface area contributed by atoms with Gasteiger partial charge in [-0.15, -0.1) is 0 Å². The molecule has 0 aliphatic heterocycles. The standard InChI is InChI=1S/C54H40N2.C40H32N2.C38H28N2/c1-3-53(45-27-15-11-23-37(45)38-24-12-16-28-46(38)53)49-33-43(35-19-7-5-8-20-35)41-31-32-42-44(36-21-9-6-10-22-36)34-50(56-52(42)51(41)55-49)54(4-2)47-29-17-13-25-39(47)40-26-14-18-30-48(40)54;1-27(29-15-7-3-8-16-29)37-25-35(31-19-11-5-12-20-31)33-23-24-34-36(32-21-13-6-14-22-32)26-38(42-40(34)39(33)41-37)28(2)30-17-9-4-10-18-30;1-5-13-27(14-6-1)23-31-25-35(29-17-9-3-10-18-29)33-21-22-34-36(30-19-11-4-12-20-30)26-32(40-38(34)37(33)39-31)24-28-15-7-2-8-16-28/h5-34H,3-4H2,1-2H3;3-28H,1-2H3;1-22,25-26H,23-24H2. The highest BCUT2D eigenvalue weighted by atomic mass is 14.8. The second kappa shape index (κ2) is 36.9. The minimum atomic E-state index is -0.430. The van der Waals surface area contributed by atoms with E-state index in [9.17, 15) is 0 Å². The van der Waals surface area contributed by atoms with Gasteiger partial charge in [-0.25, -0.2) is 19.9 Å². The van der Waals surface area contributed by atoms with Gasteiger partial charge in [-0.1, -0.05) is 464 Å². The fourth-order valence-corrected chi connectivity index (χ4v) is 22.0. The Hall–Kier alpha value is -16.8. The molecule has 0 fully saturated rings. The molecule has 2 atom stereocenters. The van der Waals surface area contributed by atoms with E-state index in [2.05, 4.69) is 501 Å². The van der Waals surface area contributed by atoms with Crippen molar-refractivity contribution in [1.82, 2.24) is 29.9 Å². The molecule has 25 rings (SSSR count). The maximum Gasteiger partial charge on any atom is 0.0975 e. The van der Waals surface area contributed by atoms with Crippen LogP contribution in [-0.4, -0.2) is 29.9 Å². The van der Waals surface area contributed by atoms with Crippen molar-refractivity contribution in [3.8, 4) is 89.0 Å². The van der Waals surface area contributed by atoms with Crippen molar-refractivity contribution in [2.45, 2.75) is 76.0 Å². The molecule has 0 radical (unpaired) electrons. The van der Waals surface area contributed by atoms with Gasteiger partial charge in [0.1, 0.15) is 0 Å². The molecule has 23 aromatic rings. The fraction of sp³-hybridized carbons (Fsp3) is 0.0909. The molecule has 6 heterocycles. The van der Waals surface area contributed by atoms with Gasteiger partial charge in [0.05, 0.1) is 55.3 Å². The first-order chi connectivity index (χ1) is 68.2. The molecule has 0 bridgehead atoms. The first-order valence-corrected chi connectivity index (χ1v) is 48.4. The first-order valence-electron chi connectivity index (χ1n) is 48.4.